The van der Waals surface area contributed by atoms with Crippen molar-refractivity contribution < 1.29 is 0 Å². The van der Waals surface area contributed by atoms with Gasteiger partial charge in [0.05, 0.1) is 0 Å². The topological polar surface area (TPSA) is 6.48 Å². The van der Waals surface area contributed by atoms with Gasteiger partial charge in [0.2, 0.25) is 0 Å². The summed E-state index contributed by atoms with van der Waals surface area (Å²) in [5.74, 6) is 0. The van der Waals surface area contributed by atoms with Crippen LogP contribution in [0, 0.1) is 0 Å². The highest BCUT2D eigenvalue weighted by Gasteiger charge is 2.37. The summed E-state index contributed by atoms with van der Waals surface area (Å²) in [4.78, 5) is 5.25. The van der Waals surface area contributed by atoms with Gasteiger partial charge in [-0.2, -0.15) is 0 Å². The zero-order valence-electron chi connectivity index (χ0n) is 8.77. The summed E-state index contributed by atoms with van der Waals surface area (Å²) < 4.78 is 0. The fourth-order valence-electron chi connectivity index (χ4n) is 1.41. The molecule has 78 valence electrons. The predicted molar refractivity (Wildman–Crippen MR) is 71.7 cm³/mol. The zero-order valence-corrected chi connectivity index (χ0v) is 11.2. The van der Waals surface area contributed by atoms with Crippen LogP contribution in [0.1, 0.15) is 27.7 Å². The van der Waals surface area contributed by atoms with Crippen molar-refractivity contribution in [2.75, 3.05) is 0 Å². The first-order valence-electron chi connectivity index (χ1n) is 4.58. The first-order chi connectivity index (χ1) is 6.37. The van der Waals surface area contributed by atoms with Gasteiger partial charge in [0.15, 0.2) is 5.11 Å². The average molecular weight is 246 g/mol. The molecule has 1 rings (SSSR count). The Morgan fingerprint density at radius 2 is 1.07 bits per heavy atom. The molecular weight excluding hydrogens is 232 g/mol. The Bertz CT molecular complexity index is 268. The molecule has 1 heterocycles. The molecule has 0 unspecified atom stereocenters. The van der Waals surface area contributed by atoms with Gasteiger partial charge in [0, 0.05) is 12.1 Å². The second kappa shape index (κ2) is 4.16. The monoisotopic (exact) mass is 246 g/mol. The molecule has 0 N–H and O–H groups in total. The lowest BCUT2D eigenvalue weighted by Crippen LogP contribution is -2.39. The lowest BCUT2D eigenvalue weighted by molar-refractivity contribution is 0.449. The van der Waals surface area contributed by atoms with E-state index in [0.717, 1.165) is 5.11 Å². The molecule has 1 fully saturated rings. The van der Waals surface area contributed by atoms with Crippen molar-refractivity contribution in [2.24, 2.45) is 0 Å². The van der Waals surface area contributed by atoms with E-state index < -0.39 is 0 Å². The van der Waals surface area contributed by atoms with Crippen LogP contribution in [-0.2, 0) is 0 Å². The van der Waals surface area contributed by atoms with Crippen LogP contribution in [0.4, 0.5) is 0 Å². The van der Waals surface area contributed by atoms with Crippen molar-refractivity contribution in [3.8, 4) is 0 Å². The minimum Gasteiger partial charge on any atom is -0.304 e. The molecule has 1 aliphatic rings. The molecule has 0 radical (unpaired) electrons. The fourth-order valence-corrected chi connectivity index (χ4v) is 2.92. The maximum absolute atomic E-state index is 5.35. The first kappa shape index (κ1) is 11.9. The number of thiocarbonyl (C=S) groups is 3. The summed E-state index contributed by atoms with van der Waals surface area (Å²) in [6.07, 6.45) is 0. The molecule has 0 aromatic carbocycles. The Labute approximate surface area is 101 Å². The Kier molecular flexibility index (Phi) is 3.55. The van der Waals surface area contributed by atoms with Crippen LogP contribution < -0.4 is 0 Å². The van der Waals surface area contributed by atoms with Crippen molar-refractivity contribution in [2.45, 2.75) is 39.8 Å². The molecule has 0 spiro atoms. The Morgan fingerprint density at radius 3 is 1.21 bits per heavy atom. The zero-order chi connectivity index (χ0) is 11.0. The molecule has 5 heteroatoms. The highest BCUT2D eigenvalue weighted by molar-refractivity contribution is 7.90. The minimum atomic E-state index is 0.275. The summed E-state index contributed by atoms with van der Waals surface area (Å²) in [5, 5.41) is 0.741. The quantitative estimate of drug-likeness (QED) is 0.688. The molecule has 0 aromatic heterocycles. The van der Waals surface area contributed by atoms with Crippen LogP contribution >= 0.6 is 36.7 Å². The molecule has 0 aliphatic carbocycles. The lowest BCUT2D eigenvalue weighted by Gasteiger charge is -2.25. The van der Waals surface area contributed by atoms with Crippen LogP contribution in [0.3, 0.4) is 0 Å². The largest absolute Gasteiger partial charge is 0.304 e. The third-order valence-corrected chi connectivity index (χ3v) is 3.37. The summed E-state index contributed by atoms with van der Waals surface area (Å²) in [6, 6.07) is 0.549. The summed E-state index contributed by atoms with van der Waals surface area (Å²) in [6.45, 7) is 8.24. The van der Waals surface area contributed by atoms with E-state index in [0.29, 0.717) is 9.98 Å². The van der Waals surface area contributed by atoms with Crippen LogP contribution in [0.5, 0.6) is 0 Å². The van der Waals surface area contributed by atoms with E-state index in [4.69, 9.17) is 36.7 Å². The highest BCUT2D eigenvalue weighted by Crippen LogP contribution is 2.20. The van der Waals surface area contributed by atoms with Crippen molar-refractivity contribution >= 4 is 51.7 Å². The molecule has 1 aliphatic heterocycles. The van der Waals surface area contributed by atoms with Gasteiger partial charge in [-0.1, -0.05) is 24.4 Å². The standard InChI is InChI=1S/C9H14N2S3/c1-5(2)10-7(12)8(13)11(6(3)4)9(10)14/h5-6H,1-4H3. The third-order valence-electron chi connectivity index (χ3n) is 2.07. The average Bonchev–Trinajstić information content (AvgIpc) is 2.23. The Balaban J connectivity index is 3.03. The molecule has 0 bridgehead atoms. The Morgan fingerprint density at radius 1 is 0.786 bits per heavy atom. The second-order valence-corrected chi connectivity index (χ2v) is 4.96. The van der Waals surface area contributed by atoms with E-state index >= 15 is 0 Å². The van der Waals surface area contributed by atoms with E-state index in [9.17, 15) is 0 Å². The normalized spacial score (nSPS) is 18.0. The van der Waals surface area contributed by atoms with Gasteiger partial charge >= 0.3 is 0 Å². The van der Waals surface area contributed by atoms with Crippen molar-refractivity contribution in [3.05, 3.63) is 0 Å². The van der Waals surface area contributed by atoms with Crippen molar-refractivity contribution in [1.29, 1.82) is 0 Å². The number of nitrogens with zero attached hydrogens (tertiary/aromatic N) is 2. The fraction of sp³-hybridized carbons (Fsp3) is 0.667. The lowest BCUT2D eigenvalue weighted by atomic mass is 10.3. The van der Waals surface area contributed by atoms with E-state index in [1.165, 1.54) is 0 Å². The molecule has 0 amide bonds. The van der Waals surface area contributed by atoms with Gasteiger partial charge in [-0.15, -0.1) is 0 Å². The third kappa shape index (κ3) is 1.81. The highest BCUT2D eigenvalue weighted by atomic mass is 32.1. The maximum Gasteiger partial charge on any atom is 0.182 e. The smallest absolute Gasteiger partial charge is 0.182 e. The van der Waals surface area contributed by atoms with Gasteiger partial charge < -0.3 is 9.80 Å². The molecule has 0 aromatic rings. The van der Waals surface area contributed by atoms with Gasteiger partial charge in [0.25, 0.3) is 0 Å². The van der Waals surface area contributed by atoms with Crippen LogP contribution in [-0.4, -0.2) is 37.0 Å². The first-order valence-corrected chi connectivity index (χ1v) is 5.81. The molecule has 0 atom stereocenters. The van der Waals surface area contributed by atoms with Crippen LogP contribution in [0.25, 0.3) is 0 Å². The number of rotatable bonds is 2. The van der Waals surface area contributed by atoms with Crippen LogP contribution in [0.2, 0.25) is 0 Å². The van der Waals surface area contributed by atoms with Crippen molar-refractivity contribution in [1.82, 2.24) is 9.80 Å². The van der Waals surface area contributed by atoms with E-state index in [1.807, 2.05) is 9.80 Å². The van der Waals surface area contributed by atoms with Crippen molar-refractivity contribution in [3.63, 3.8) is 0 Å². The van der Waals surface area contributed by atoms with E-state index in [-0.39, 0.29) is 12.1 Å². The number of hydrogen-bond donors (Lipinski definition) is 0. The maximum atomic E-state index is 5.35. The SMILES string of the molecule is CC(C)N1C(=S)C(=S)N(C(C)C)C1=S. The second-order valence-electron chi connectivity index (χ2n) is 3.82. The summed E-state index contributed by atoms with van der Waals surface area (Å²) in [7, 11) is 0. The molecule has 1 saturated heterocycles. The predicted octanol–water partition coefficient (Wildman–Crippen LogP) is 2.36. The van der Waals surface area contributed by atoms with Gasteiger partial charge in [-0.3, -0.25) is 0 Å². The summed E-state index contributed by atoms with van der Waals surface area (Å²) >= 11 is 15.9. The summed E-state index contributed by atoms with van der Waals surface area (Å²) in [5.41, 5.74) is 0. The molecule has 0 saturated carbocycles. The Hall–Kier alpha value is -0.130. The molecular formula is C9H14N2S3. The van der Waals surface area contributed by atoms with Crippen LogP contribution in [0.15, 0.2) is 0 Å². The molecule has 14 heavy (non-hydrogen) atoms. The number of hydrogen-bond acceptors (Lipinski definition) is 3. The molecule has 2 nitrogen and oxygen atoms in total. The van der Waals surface area contributed by atoms with E-state index in [1.54, 1.807) is 0 Å². The minimum absolute atomic E-state index is 0.275. The van der Waals surface area contributed by atoms with Gasteiger partial charge in [-0.25, -0.2) is 0 Å². The van der Waals surface area contributed by atoms with E-state index in [2.05, 4.69) is 27.7 Å². The van der Waals surface area contributed by atoms with Gasteiger partial charge in [-0.05, 0) is 39.9 Å². The van der Waals surface area contributed by atoms with Gasteiger partial charge in [0.1, 0.15) is 9.98 Å².